The van der Waals surface area contributed by atoms with Gasteiger partial charge in [0.25, 0.3) is 0 Å². The van der Waals surface area contributed by atoms with Gasteiger partial charge in [-0.15, -0.1) is 0 Å². The summed E-state index contributed by atoms with van der Waals surface area (Å²) in [5.74, 6) is 1.00. The third-order valence-electron chi connectivity index (χ3n) is 2.92. The fourth-order valence-electron chi connectivity index (χ4n) is 1.92. The molecule has 0 amide bonds. The van der Waals surface area contributed by atoms with Gasteiger partial charge in [-0.05, 0) is 41.9 Å². The third kappa shape index (κ3) is 4.34. The molecule has 0 saturated carbocycles. The van der Waals surface area contributed by atoms with Crippen molar-refractivity contribution in [2.45, 2.75) is 45.4 Å². The van der Waals surface area contributed by atoms with Crippen molar-refractivity contribution in [1.82, 2.24) is 0 Å². The van der Waals surface area contributed by atoms with Gasteiger partial charge in [0.15, 0.2) is 0 Å². The van der Waals surface area contributed by atoms with Crippen LogP contribution in [0.15, 0.2) is 18.2 Å². The Bertz CT molecular complexity index is 352. The lowest BCUT2D eigenvalue weighted by Crippen LogP contribution is -2.13. The van der Waals surface area contributed by atoms with Gasteiger partial charge >= 0.3 is 0 Å². The Hall–Kier alpha value is -0.500. The van der Waals surface area contributed by atoms with Crippen molar-refractivity contribution in [2.75, 3.05) is 12.4 Å². The summed E-state index contributed by atoms with van der Waals surface area (Å²) < 4.78 is 5.44. The number of unbranched alkanes of at least 4 members (excludes halogenated alkanes) is 1. The van der Waals surface area contributed by atoms with Crippen molar-refractivity contribution in [2.24, 2.45) is 0 Å². The highest BCUT2D eigenvalue weighted by Gasteiger charge is 2.18. The predicted molar refractivity (Wildman–Crippen MR) is 78.4 cm³/mol. The maximum Gasteiger partial charge on any atom is 0.122 e. The molecule has 0 saturated heterocycles. The van der Waals surface area contributed by atoms with E-state index in [2.05, 4.69) is 54.9 Å². The second-order valence-electron chi connectivity index (χ2n) is 5.43. The second kappa shape index (κ2) is 6.44. The smallest absolute Gasteiger partial charge is 0.122 e. The highest BCUT2D eigenvalue weighted by molar-refractivity contribution is 9.09. The molecule has 0 atom stereocenters. The van der Waals surface area contributed by atoms with E-state index < -0.39 is 0 Å². The lowest BCUT2D eigenvalue weighted by Gasteiger charge is -2.23. The van der Waals surface area contributed by atoms with E-state index in [9.17, 15) is 0 Å². The summed E-state index contributed by atoms with van der Waals surface area (Å²) in [7, 11) is 1.75. The van der Waals surface area contributed by atoms with Crippen LogP contribution in [-0.4, -0.2) is 12.4 Å². The molecule has 0 bridgehead atoms. The van der Waals surface area contributed by atoms with Gasteiger partial charge < -0.3 is 4.74 Å². The maximum atomic E-state index is 5.44. The summed E-state index contributed by atoms with van der Waals surface area (Å²) in [6.07, 6.45) is 3.62. The topological polar surface area (TPSA) is 9.23 Å². The SMILES string of the molecule is COc1ccc(CCCCBr)cc1C(C)(C)C. The van der Waals surface area contributed by atoms with Gasteiger partial charge in [-0.1, -0.05) is 48.8 Å². The largest absolute Gasteiger partial charge is 0.496 e. The fourth-order valence-corrected chi connectivity index (χ4v) is 2.32. The van der Waals surface area contributed by atoms with Crippen LogP contribution in [0.2, 0.25) is 0 Å². The Balaban J connectivity index is 2.89. The van der Waals surface area contributed by atoms with Crippen LogP contribution in [0.3, 0.4) is 0 Å². The van der Waals surface area contributed by atoms with Crippen molar-refractivity contribution >= 4 is 15.9 Å². The van der Waals surface area contributed by atoms with E-state index in [0.29, 0.717) is 0 Å². The number of hydrogen-bond donors (Lipinski definition) is 0. The molecule has 0 fully saturated rings. The number of hydrogen-bond acceptors (Lipinski definition) is 1. The minimum Gasteiger partial charge on any atom is -0.496 e. The standard InChI is InChI=1S/C15H23BrO/c1-15(2,3)13-11-12(7-5-6-10-16)8-9-14(13)17-4/h8-9,11H,5-7,10H2,1-4H3. The average Bonchev–Trinajstić information content (AvgIpc) is 2.28. The Morgan fingerprint density at radius 3 is 2.41 bits per heavy atom. The van der Waals surface area contributed by atoms with E-state index in [4.69, 9.17) is 4.74 Å². The van der Waals surface area contributed by atoms with Crippen LogP contribution < -0.4 is 4.74 Å². The van der Waals surface area contributed by atoms with Gasteiger partial charge in [0.2, 0.25) is 0 Å². The number of ether oxygens (including phenoxy) is 1. The van der Waals surface area contributed by atoms with E-state index in [1.807, 2.05) is 0 Å². The van der Waals surface area contributed by atoms with Crippen molar-refractivity contribution in [3.8, 4) is 5.75 Å². The first-order valence-corrected chi connectivity index (χ1v) is 7.34. The van der Waals surface area contributed by atoms with Gasteiger partial charge in [0.05, 0.1) is 7.11 Å². The molecule has 17 heavy (non-hydrogen) atoms. The van der Waals surface area contributed by atoms with E-state index in [1.165, 1.54) is 24.0 Å². The van der Waals surface area contributed by atoms with E-state index in [0.717, 1.165) is 17.5 Å². The molecular weight excluding hydrogens is 276 g/mol. The zero-order valence-corrected chi connectivity index (χ0v) is 12.9. The number of benzene rings is 1. The molecule has 0 aliphatic heterocycles. The first-order chi connectivity index (χ1) is 7.99. The maximum absolute atomic E-state index is 5.44. The molecule has 0 N–H and O–H groups in total. The lowest BCUT2D eigenvalue weighted by molar-refractivity contribution is 0.397. The molecule has 0 aliphatic rings. The second-order valence-corrected chi connectivity index (χ2v) is 6.22. The number of rotatable bonds is 5. The van der Waals surface area contributed by atoms with E-state index in [1.54, 1.807) is 7.11 Å². The monoisotopic (exact) mass is 298 g/mol. The Kier molecular flexibility index (Phi) is 5.51. The molecule has 1 rings (SSSR count). The van der Waals surface area contributed by atoms with Gasteiger partial charge in [0.1, 0.15) is 5.75 Å². The van der Waals surface area contributed by atoms with Crippen LogP contribution in [-0.2, 0) is 11.8 Å². The Labute approximate surface area is 114 Å². The number of halogens is 1. The Morgan fingerprint density at radius 2 is 1.88 bits per heavy atom. The Morgan fingerprint density at radius 1 is 1.18 bits per heavy atom. The van der Waals surface area contributed by atoms with Crippen molar-refractivity contribution in [3.63, 3.8) is 0 Å². The quantitative estimate of drug-likeness (QED) is 0.565. The van der Waals surface area contributed by atoms with Gasteiger partial charge in [-0.2, -0.15) is 0 Å². The summed E-state index contributed by atoms with van der Waals surface area (Å²) in [6, 6.07) is 6.58. The summed E-state index contributed by atoms with van der Waals surface area (Å²) in [6.45, 7) is 6.69. The lowest BCUT2D eigenvalue weighted by atomic mass is 9.85. The summed E-state index contributed by atoms with van der Waals surface area (Å²) >= 11 is 3.47. The highest BCUT2D eigenvalue weighted by Crippen LogP contribution is 2.32. The first-order valence-electron chi connectivity index (χ1n) is 6.22. The number of aryl methyl sites for hydroxylation is 1. The van der Waals surface area contributed by atoms with Crippen LogP contribution in [0.25, 0.3) is 0 Å². The molecule has 0 aliphatic carbocycles. The fraction of sp³-hybridized carbons (Fsp3) is 0.600. The molecule has 1 aromatic rings. The summed E-state index contributed by atoms with van der Waals surface area (Å²) in [5.41, 5.74) is 2.85. The molecule has 0 spiro atoms. The molecule has 1 aromatic carbocycles. The van der Waals surface area contributed by atoms with Gasteiger partial charge in [0, 0.05) is 5.33 Å². The molecule has 0 radical (unpaired) electrons. The van der Waals surface area contributed by atoms with Crippen LogP contribution in [0, 0.1) is 0 Å². The third-order valence-corrected chi connectivity index (χ3v) is 3.48. The molecular formula is C15H23BrO. The molecule has 0 aromatic heterocycles. The van der Waals surface area contributed by atoms with E-state index >= 15 is 0 Å². The van der Waals surface area contributed by atoms with Crippen LogP contribution in [0.5, 0.6) is 5.75 Å². The molecule has 1 nitrogen and oxygen atoms in total. The van der Waals surface area contributed by atoms with Gasteiger partial charge in [-0.25, -0.2) is 0 Å². The van der Waals surface area contributed by atoms with Crippen LogP contribution >= 0.6 is 15.9 Å². The van der Waals surface area contributed by atoms with Gasteiger partial charge in [-0.3, -0.25) is 0 Å². The molecule has 2 heteroatoms. The summed E-state index contributed by atoms with van der Waals surface area (Å²) in [4.78, 5) is 0. The average molecular weight is 299 g/mol. The molecule has 96 valence electrons. The molecule has 0 heterocycles. The molecule has 0 unspecified atom stereocenters. The van der Waals surface area contributed by atoms with Crippen molar-refractivity contribution in [1.29, 1.82) is 0 Å². The normalized spacial score (nSPS) is 11.6. The van der Waals surface area contributed by atoms with Crippen LogP contribution in [0.4, 0.5) is 0 Å². The zero-order chi connectivity index (χ0) is 12.9. The number of methoxy groups -OCH3 is 1. The minimum atomic E-state index is 0.136. The predicted octanol–water partition coefficient (Wildman–Crippen LogP) is 4.71. The van der Waals surface area contributed by atoms with E-state index in [-0.39, 0.29) is 5.41 Å². The van der Waals surface area contributed by atoms with Crippen molar-refractivity contribution in [3.05, 3.63) is 29.3 Å². The highest BCUT2D eigenvalue weighted by atomic mass is 79.9. The van der Waals surface area contributed by atoms with Crippen LogP contribution in [0.1, 0.15) is 44.7 Å². The van der Waals surface area contributed by atoms with Crippen molar-refractivity contribution < 1.29 is 4.74 Å². The minimum absolute atomic E-state index is 0.136. The number of alkyl halides is 1. The zero-order valence-electron chi connectivity index (χ0n) is 11.3. The summed E-state index contributed by atoms with van der Waals surface area (Å²) in [5, 5.41) is 1.09. The first kappa shape index (κ1) is 14.6.